The van der Waals surface area contributed by atoms with Gasteiger partial charge < -0.3 is 10.0 Å². The van der Waals surface area contributed by atoms with E-state index < -0.39 is 0 Å². The molecule has 4 heteroatoms. The van der Waals surface area contributed by atoms with Crippen LogP contribution >= 0.6 is 11.8 Å². The van der Waals surface area contributed by atoms with Crippen molar-refractivity contribution in [2.75, 3.05) is 13.6 Å². The van der Waals surface area contributed by atoms with Gasteiger partial charge in [-0.3, -0.25) is 4.79 Å². The summed E-state index contributed by atoms with van der Waals surface area (Å²) < 4.78 is 0. The molecule has 2 aromatic rings. The van der Waals surface area contributed by atoms with E-state index >= 15 is 0 Å². The monoisotopic (exact) mass is 329 g/mol. The first-order valence-corrected chi connectivity index (χ1v) is 8.75. The van der Waals surface area contributed by atoms with E-state index in [1.807, 2.05) is 42.5 Å². The van der Waals surface area contributed by atoms with Gasteiger partial charge in [0.1, 0.15) is 0 Å². The fraction of sp³-hybridized carbons (Fsp3) is 0.316. The molecule has 0 heterocycles. The van der Waals surface area contributed by atoms with Gasteiger partial charge in [0.05, 0.1) is 6.10 Å². The highest BCUT2D eigenvalue weighted by Crippen LogP contribution is 2.23. The zero-order valence-electron chi connectivity index (χ0n) is 13.6. The van der Waals surface area contributed by atoms with Crippen LogP contribution in [0, 0.1) is 0 Å². The number of thioether (sulfide) groups is 1. The summed E-state index contributed by atoms with van der Waals surface area (Å²) in [5.41, 5.74) is 1.97. The second-order valence-corrected chi connectivity index (χ2v) is 6.71. The molecule has 0 bridgehead atoms. The fourth-order valence-corrected chi connectivity index (χ4v) is 2.99. The van der Waals surface area contributed by atoms with Crippen LogP contribution in [-0.2, 0) is 5.75 Å². The zero-order valence-corrected chi connectivity index (χ0v) is 14.4. The van der Waals surface area contributed by atoms with E-state index in [1.54, 1.807) is 30.6 Å². The van der Waals surface area contributed by atoms with Crippen molar-refractivity contribution in [3.8, 4) is 0 Å². The molecule has 0 saturated carbocycles. The van der Waals surface area contributed by atoms with Gasteiger partial charge in [0.2, 0.25) is 0 Å². The number of hydrogen-bond acceptors (Lipinski definition) is 3. The molecule has 1 atom stereocenters. The molecule has 0 radical (unpaired) electrons. The Balaban J connectivity index is 1.89. The van der Waals surface area contributed by atoms with Crippen molar-refractivity contribution in [3.05, 3.63) is 65.7 Å². The molecule has 1 amide bonds. The topological polar surface area (TPSA) is 40.5 Å². The van der Waals surface area contributed by atoms with Crippen LogP contribution in [0.4, 0.5) is 0 Å². The number of carbonyl (C=O) groups excluding carboxylic acids is 1. The number of nitrogens with zero attached hydrogens (tertiary/aromatic N) is 1. The number of rotatable bonds is 7. The van der Waals surface area contributed by atoms with Crippen LogP contribution in [0.15, 0.2) is 59.5 Å². The Hall–Kier alpha value is -1.78. The van der Waals surface area contributed by atoms with Gasteiger partial charge in [-0.15, -0.1) is 11.8 Å². The molecule has 0 aromatic heterocycles. The minimum atomic E-state index is -0.387. The highest BCUT2D eigenvalue weighted by atomic mass is 32.2. The van der Waals surface area contributed by atoms with Crippen molar-refractivity contribution >= 4 is 17.7 Å². The fourth-order valence-electron chi connectivity index (χ4n) is 2.14. The number of carbonyl (C=O) groups is 1. The summed E-state index contributed by atoms with van der Waals surface area (Å²) in [4.78, 5) is 15.1. The van der Waals surface area contributed by atoms with Crippen LogP contribution in [0.5, 0.6) is 0 Å². The molecule has 0 spiro atoms. The summed E-state index contributed by atoms with van der Waals surface area (Å²) in [5.74, 6) is 0.910. The molecule has 0 aliphatic carbocycles. The second-order valence-electron chi connectivity index (χ2n) is 5.66. The van der Waals surface area contributed by atoms with Gasteiger partial charge in [-0.25, -0.2) is 0 Å². The highest BCUT2D eigenvalue weighted by Gasteiger charge is 2.12. The Labute approximate surface area is 142 Å². The van der Waals surface area contributed by atoms with Crippen LogP contribution in [0.1, 0.15) is 29.3 Å². The molecule has 0 aliphatic rings. The number of amides is 1. The first-order valence-electron chi connectivity index (χ1n) is 7.76. The maximum Gasteiger partial charge on any atom is 0.253 e. The molecule has 122 valence electrons. The van der Waals surface area contributed by atoms with Gasteiger partial charge in [0.15, 0.2) is 0 Å². The average Bonchev–Trinajstić information content (AvgIpc) is 2.58. The van der Waals surface area contributed by atoms with E-state index in [4.69, 9.17) is 0 Å². The molecular weight excluding hydrogens is 306 g/mol. The van der Waals surface area contributed by atoms with Crippen LogP contribution < -0.4 is 0 Å². The van der Waals surface area contributed by atoms with Gasteiger partial charge >= 0.3 is 0 Å². The standard InChI is InChI=1S/C19H23NO2S/c1-15(21)12-13-20(2)19(22)17-8-10-18(11-9-17)23-14-16-6-4-3-5-7-16/h3-11,15,21H,12-14H2,1-2H3. The van der Waals surface area contributed by atoms with Gasteiger partial charge in [0.25, 0.3) is 5.91 Å². The predicted octanol–water partition coefficient (Wildman–Crippen LogP) is 3.82. The van der Waals surface area contributed by atoms with Crippen LogP contribution in [0.3, 0.4) is 0 Å². The molecule has 3 nitrogen and oxygen atoms in total. The Bertz CT molecular complexity index is 611. The Kier molecular flexibility index (Phi) is 6.68. The number of benzene rings is 2. The summed E-state index contributed by atoms with van der Waals surface area (Å²) >= 11 is 1.76. The average molecular weight is 329 g/mol. The Morgan fingerprint density at radius 1 is 1.13 bits per heavy atom. The second kappa shape index (κ2) is 8.75. The molecule has 23 heavy (non-hydrogen) atoms. The first-order chi connectivity index (χ1) is 11.1. The van der Waals surface area contributed by atoms with Crippen molar-refractivity contribution in [1.82, 2.24) is 4.90 Å². The molecular formula is C19H23NO2S. The maximum atomic E-state index is 12.3. The van der Waals surface area contributed by atoms with Crippen LogP contribution in [-0.4, -0.2) is 35.6 Å². The van der Waals surface area contributed by atoms with Crippen molar-refractivity contribution in [2.24, 2.45) is 0 Å². The van der Waals surface area contributed by atoms with E-state index in [9.17, 15) is 9.90 Å². The largest absolute Gasteiger partial charge is 0.393 e. The number of aliphatic hydroxyl groups is 1. The molecule has 2 aromatic carbocycles. The van der Waals surface area contributed by atoms with Crippen LogP contribution in [0.2, 0.25) is 0 Å². The zero-order chi connectivity index (χ0) is 16.7. The molecule has 1 unspecified atom stereocenters. The van der Waals surface area contributed by atoms with Gasteiger partial charge in [0, 0.05) is 29.8 Å². The van der Waals surface area contributed by atoms with E-state index in [-0.39, 0.29) is 12.0 Å². The lowest BCUT2D eigenvalue weighted by Crippen LogP contribution is -2.29. The van der Waals surface area contributed by atoms with Crippen LogP contribution in [0.25, 0.3) is 0 Å². The molecule has 2 rings (SSSR count). The third-order valence-corrected chi connectivity index (χ3v) is 4.66. The third-order valence-electron chi connectivity index (χ3n) is 3.58. The van der Waals surface area contributed by atoms with Crippen molar-refractivity contribution in [3.63, 3.8) is 0 Å². The van der Waals surface area contributed by atoms with Gasteiger partial charge in [-0.05, 0) is 43.2 Å². The summed E-state index contributed by atoms with van der Waals surface area (Å²) in [5, 5.41) is 9.30. The maximum absolute atomic E-state index is 12.3. The van der Waals surface area contributed by atoms with E-state index in [0.29, 0.717) is 18.5 Å². The van der Waals surface area contributed by atoms with E-state index in [1.165, 1.54) is 5.56 Å². The summed E-state index contributed by atoms with van der Waals surface area (Å²) in [6.07, 6.45) is 0.204. The normalized spacial score (nSPS) is 12.0. The minimum Gasteiger partial charge on any atom is -0.393 e. The third kappa shape index (κ3) is 5.73. The summed E-state index contributed by atoms with van der Waals surface area (Å²) in [6.45, 7) is 2.29. The van der Waals surface area contributed by atoms with Crippen molar-refractivity contribution in [2.45, 2.75) is 30.1 Å². The quantitative estimate of drug-likeness (QED) is 0.785. The summed E-state index contributed by atoms with van der Waals surface area (Å²) in [6, 6.07) is 18.0. The smallest absolute Gasteiger partial charge is 0.253 e. The van der Waals surface area contributed by atoms with E-state index in [2.05, 4.69) is 12.1 Å². The van der Waals surface area contributed by atoms with E-state index in [0.717, 1.165) is 10.6 Å². The lowest BCUT2D eigenvalue weighted by Gasteiger charge is -2.18. The Morgan fingerprint density at radius 2 is 1.78 bits per heavy atom. The SMILES string of the molecule is CC(O)CCN(C)C(=O)c1ccc(SCc2ccccc2)cc1. The lowest BCUT2D eigenvalue weighted by atomic mass is 10.2. The number of hydrogen-bond donors (Lipinski definition) is 1. The Morgan fingerprint density at radius 3 is 2.39 bits per heavy atom. The summed E-state index contributed by atoms with van der Waals surface area (Å²) in [7, 11) is 1.77. The van der Waals surface area contributed by atoms with Gasteiger partial charge in [-0.1, -0.05) is 30.3 Å². The minimum absolute atomic E-state index is 0.00902. The lowest BCUT2D eigenvalue weighted by molar-refractivity contribution is 0.0769. The highest BCUT2D eigenvalue weighted by molar-refractivity contribution is 7.98. The van der Waals surface area contributed by atoms with Gasteiger partial charge in [-0.2, -0.15) is 0 Å². The number of aliphatic hydroxyl groups excluding tert-OH is 1. The molecule has 0 aliphatic heterocycles. The first kappa shape index (κ1) is 17.6. The molecule has 0 fully saturated rings. The predicted molar refractivity (Wildman–Crippen MR) is 95.7 cm³/mol. The van der Waals surface area contributed by atoms with Crippen molar-refractivity contribution < 1.29 is 9.90 Å². The molecule has 0 saturated heterocycles. The van der Waals surface area contributed by atoms with Crippen molar-refractivity contribution in [1.29, 1.82) is 0 Å². The molecule has 1 N–H and O–H groups in total.